The summed E-state index contributed by atoms with van der Waals surface area (Å²) in [7, 11) is 0. The molecule has 1 aliphatic heterocycles. The number of rotatable bonds is 7. The van der Waals surface area contributed by atoms with Gasteiger partial charge >= 0.3 is 0 Å². The summed E-state index contributed by atoms with van der Waals surface area (Å²) in [5, 5.41) is 10.4. The molecule has 0 bridgehead atoms. The first-order valence-electron chi connectivity index (χ1n) is 13.5. The number of anilines is 1. The fraction of sp³-hybridized carbons (Fsp3) is 0.323. The van der Waals surface area contributed by atoms with E-state index in [2.05, 4.69) is 22.0 Å². The highest BCUT2D eigenvalue weighted by atomic mass is 79.9. The largest absolute Gasteiger partial charge is 0.325 e. The van der Waals surface area contributed by atoms with Gasteiger partial charge in [0.05, 0.1) is 23.4 Å². The Morgan fingerprint density at radius 3 is 2.50 bits per heavy atom. The number of nitrogens with zero attached hydrogens (tertiary/aromatic N) is 4. The van der Waals surface area contributed by atoms with Gasteiger partial charge in [0.1, 0.15) is 17.1 Å². The number of pyridine rings is 1. The zero-order chi connectivity index (χ0) is 28.1. The van der Waals surface area contributed by atoms with Crippen LogP contribution in [0.2, 0.25) is 0 Å². The van der Waals surface area contributed by atoms with E-state index in [9.17, 15) is 19.6 Å². The van der Waals surface area contributed by atoms with E-state index in [1.165, 1.54) is 34.4 Å². The van der Waals surface area contributed by atoms with E-state index in [0.717, 1.165) is 47.0 Å². The first-order valence-corrected chi connectivity index (χ1v) is 15.2. The predicted molar refractivity (Wildman–Crippen MR) is 158 cm³/mol. The molecule has 40 heavy (non-hydrogen) atoms. The molecule has 0 spiro atoms. The zero-order valence-electron chi connectivity index (χ0n) is 22.0. The number of amides is 3. The highest BCUT2D eigenvalue weighted by molar-refractivity contribution is 9.10. The van der Waals surface area contributed by atoms with Crippen LogP contribution in [0.1, 0.15) is 54.5 Å². The van der Waals surface area contributed by atoms with Crippen LogP contribution in [0, 0.1) is 11.3 Å². The van der Waals surface area contributed by atoms with E-state index in [1.807, 2.05) is 36.4 Å². The van der Waals surface area contributed by atoms with E-state index in [0.29, 0.717) is 16.3 Å². The minimum atomic E-state index is -0.913. The molecular weight excluding hydrogens is 588 g/mol. The molecule has 204 valence electrons. The number of hydrogen-bond donors (Lipinski definition) is 0. The molecular formula is C31H29BrN4O3S. The van der Waals surface area contributed by atoms with Crippen molar-refractivity contribution in [2.75, 3.05) is 10.7 Å². The summed E-state index contributed by atoms with van der Waals surface area (Å²) in [5.74, 6) is -1.04. The zero-order valence-corrected chi connectivity index (χ0v) is 24.4. The Labute approximate surface area is 246 Å². The van der Waals surface area contributed by atoms with Crippen LogP contribution in [0.3, 0.4) is 0 Å². The topological polar surface area (TPSA) is 94.4 Å². The van der Waals surface area contributed by atoms with Crippen LogP contribution in [-0.4, -0.2) is 39.4 Å². The van der Waals surface area contributed by atoms with Gasteiger partial charge in [-0.15, -0.1) is 0 Å². The van der Waals surface area contributed by atoms with Crippen molar-refractivity contribution in [1.82, 2.24) is 9.88 Å². The molecule has 2 aliphatic rings. The van der Waals surface area contributed by atoms with Crippen molar-refractivity contribution in [1.29, 1.82) is 5.26 Å². The second kappa shape index (κ2) is 12.8. The Bertz CT molecular complexity index is 1460. The van der Waals surface area contributed by atoms with Crippen LogP contribution in [0.4, 0.5) is 5.69 Å². The third-order valence-electron chi connectivity index (χ3n) is 7.32. The maximum atomic E-state index is 13.7. The maximum Gasteiger partial charge on any atom is 0.257 e. The molecule has 1 saturated heterocycles. The Kier molecular flexibility index (Phi) is 8.98. The second-order valence-electron chi connectivity index (χ2n) is 10.0. The summed E-state index contributed by atoms with van der Waals surface area (Å²) < 4.78 is 0.837. The van der Waals surface area contributed by atoms with Gasteiger partial charge in [-0.3, -0.25) is 14.4 Å². The van der Waals surface area contributed by atoms with Crippen molar-refractivity contribution >= 4 is 51.1 Å². The number of imide groups is 1. The molecule has 1 unspecified atom stereocenters. The van der Waals surface area contributed by atoms with Crippen LogP contribution >= 0.6 is 27.7 Å². The van der Waals surface area contributed by atoms with Gasteiger partial charge < -0.3 is 4.90 Å². The quantitative estimate of drug-likeness (QED) is 0.245. The first-order chi connectivity index (χ1) is 19.4. The Balaban J connectivity index is 1.39. The summed E-state index contributed by atoms with van der Waals surface area (Å²) in [5.41, 5.74) is 3.95. The van der Waals surface area contributed by atoms with Crippen LogP contribution in [0.25, 0.3) is 0 Å². The highest BCUT2D eigenvalue weighted by Gasteiger charge is 2.44. The molecule has 1 fully saturated rings. The summed E-state index contributed by atoms with van der Waals surface area (Å²) in [6.45, 7) is 0.195. The van der Waals surface area contributed by atoms with E-state index in [4.69, 9.17) is 4.98 Å². The van der Waals surface area contributed by atoms with E-state index in [1.54, 1.807) is 24.3 Å². The van der Waals surface area contributed by atoms with Crippen LogP contribution in [-0.2, 0) is 33.8 Å². The van der Waals surface area contributed by atoms with Gasteiger partial charge in [0.25, 0.3) is 5.91 Å². The molecule has 0 radical (unpaired) electrons. The maximum absolute atomic E-state index is 13.7. The third-order valence-corrected chi connectivity index (χ3v) is 8.82. The highest BCUT2D eigenvalue weighted by Crippen LogP contribution is 2.30. The molecule has 1 atom stereocenters. The molecule has 2 heterocycles. The smallest absolute Gasteiger partial charge is 0.257 e. The van der Waals surface area contributed by atoms with E-state index < -0.39 is 11.9 Å². The van der Waals surface area contributed by atoms with Gasteiger partial charge in [-0.2, -0.15) is 5.26 Å². The number of benzene rings is 2. The number of carbonyl (C=O) groups is 3. The van der Waals surface area contributed by atoms with Gasteiger partial charge in [-0.1, -0.05) is 70.9 Å². The minimum absolute atomic E-state index is 0.00353. The average molecular weight is 618 g/mol. The van der Waals surface area contributed by atoms with Crippen LogP contribution in [0.15, 0.2) is 70.2 Å². The summed E-state index contributed by atoms with van der Waals surface area (Å²) in [6, 6.07) is 19.7. The lowest BCUT2D eigenvalue weighted by Crippen LogP contribution is -2.45. The predicted octanol–water partition coefficient (Wildman–Crippen LogP) is 5.83. The molecule has 0 N–H and O–H groups in total. The molecule has 9 heteroatoms. The first kappa shape index (κ1) is 28.1. The number of aromatic nitrogens is 1. The van der Waals surface area contributed by atoms with Gasteiger partial charge in [0.15, 0.2) is 0 Å². The Morgan fingerprint density at radius 2 is 1.77 bits per heavy atom. The molecule has 3 aromatic rings. The lowest BCUT2D eigenvalue weighted by molar-refractivity contribution is -0.136. The SMILES string of the molecule is N#Cc1cc2c(nc1SCC(=O)N(Cc1ccccc1)C1CC(=O)N(c3ccc(Br)cc3)C1=O)CCCCCC2. The van der Waals surface area contributed by atoms with Gasteiger partial charge in [-0.25, -0.2) is 9.88 Å². The van der Waals surface area contributed by atoms with Crippen molar-refractivity contribution < 1.29 is 14.4 Å². The number of fused-ring (bicyclic) bond motifs is 1. The van der Waals surface area contributed by atoms with Crippen molar-refractivity contribution in [2.24, 2.45) is 0 Å². The standard InChI is InChI=1S/C31H29BrN4O3S/c32-24-12-14-25(15-13-24)36-28(37)17-27(31(36)39)35(19-21-8-4-3-5-9-21)29(38)20-40-30-23(18-33)16-22-10-6-1-2-7-11-26(22)34-30/h3-5,8-9,12-16,27H,1-2,6-7,10-11,17,19-20H2. The number of halogens is 1. The number of carbonyl (C=O) groups excluding carboxylic acids is 3. The summed E-state index contributed by atoms with van der Waals surface area (Å²) in [6.07, 6.45) is 6.20. The molecule has 2 aromatic carbocycles. The monoisotopic (exact) mass is 616 g/mol. The normalized spacial score (nSPS) is 17.1. The minimum Gasteiger partial charge on any atom is -0.325 e. The number of nitriles is 1. The Morgan fingerprint density at radius 1 is 1.05 bits per heavy atom. The second-order valence-corrected chi connectivity index (χ2v) is 11.9. The summed E-state index contributed by atoms with van der Waals surface area (Å²) >= 11 is 4.60. The van der Waals surface area contributed by atoms with Crippen LogP contribution in [0.5, 0.6) is 0 Å². The van der Waals surface area contributed by atoms with Crippen molar-refractivity contribution in [3.63, 3.8) is 0 Å². The molecule has 1 aliphatic carbocycles. The van der Waals surface area contributed by atoms with Gasteiger partial charge in [-0.05, 0) is 67.1 Å². The van der Waals surface area contributed by atoms with Crippen molar-refractivity contribution in [3.8, 4) is 6.07 Å². The van der Waals surface area contributed by atoms with E-state index >= 15 is 0 Å². The lowest BCUT2D eigenvalue weighted by Gasteiger charge is -2.28. The average Bonchev–Trinajstić information content (AvgIpc) is 3.24. The number of hydrogen-bond acceptors (Lipinski definition) is 6. The number of thioether (sulfide) groups is 1. The molecule has 7 nitrogen and oxygen atoms in total. The molecule has 5 rings (SSSR count). The lowest BCUT2D eigenvalue weighted by atomic mass is 9.96. The third kappa shape index (κ3) is 6.29. The molecule has 1 aromatic heterocycles. The fourth-order valence-corrected chi connectivity index (χ4v) is 6.37. The van der Waals surface area contributed by atoms with Crippen molar-refractivity contribution in [2.45, 2.75) is 62.6 Å². The number of aryl methyl sites for hydroxylation is 2. The van der Waals surface area contributed by atoms with Gasteiger partial charge in [0, 0.05) is 16.7 Å². The fourth-order valence-electron chi connectivity index (χ4n) is 5.24. The van der Waals surface area contributed by atoms with E-state index in [-0.39, 0.29) is 30.5 Å². The van der Waals surface area contributed by atoms with Crippen LogP contribution < -0.4 is 4.90 Å². The van der Waals surface area contributed by atoms with Gasteiger partial charge in [0.2, 0.25) is 11.8 Å². The van der Waals surface area contributed by atoms with Crippen molar-refractivity contribution in [3.05, 3.63) is 87.5 Å². The molecule has 3 amide bonds. The Hall–Kier alpha value is -3.48. The molecule has 0 saturated carbocycles. The summed E-state index contributed by atoms with van der Waals surface area (Å²) in [4.78, 5) is 47.8.